The zero-order valence-electron chi connectivity index (χ0n) is 14.7. The molecule has 0 aromatic carbocycles. The molecule has 1 fully saturated rings. The van der Waals surface area contributed by atoms with E-state index in [1.54, 1.807) is 20.1 Å². The van der Waals surface area contributed by atoms with Gasteiger partial charge in [-0.15, -0.1) is 0 Å². The molecule has 0 radical (unpaired) electrons. The second kappa shape index (κ2) is 6.47. The Balaban J connectivity index is 2.16. The molecule has 7 heteroatoms. The molecule has 1 aliphatic heterocycles. The largest absolute Gasteiger partial charge is 0.387 e. The summed E-state index contributed by atoms with van der Waals surface area (Å²) in [5.41, 5.74) is 1.16. The van der Waals surface area contributed by atoms with Gasteiger partial charge in [-0.3, -0.25) is 9.78 Å². The maximum atomic E-state index is 12.3. The molecular weight excluding hydrogens is 320 g/mol. The molecule has 0 saturated carbocycles. The number of methoxy groups -OCH3 is 1. The van der Waals surface area contributed by atoms with E-state index in [9.17, 15) is 15.2 Å². The highest BCUT2D eigenvalue weighted by Gasteiger charge is 2.32. The molecule has 7 nitrogen and oxygen atoms in total. The van der Waals surface area contributed by atoms with Crippen molar-refractivity contribution in [3.63, 3.8) is 0 Å². The van der Waals surface area contributed by atoms with Gasteiger partial charge in [-0.05, 0) is 32.8 Å². The van der Waals surface area contributed by atoms with Gasteiger partial charge in [-0.1, -0.05) is 0 Å². The van der Waals surface area contributed by atoms with Crippen LogP contribution in [0.4, 0.5) is 5.69 Å². The van der Waals surface area contributed by atoms with E-state index < -0.39 is 11.7 Å². The number of H-pyrrole nitrogens is 1. The van der Waals surface area contributed by atoms with Crippen LogP contribution >= 0.6 is 0 Å². The van der Waals surface area contributed by atoms with Crippen LogP contribution in [0.2, 0.25) is 0 Å². The van der Waals surface area contributed by atoms with Crippen LogP contribution in [-0.4, -0.2) is 40.9 Å². The summed E-state index contributed by atoms with van der Waals surface area (Å²) in [6.07, 6.45) is 2.41. The number of nitriles is 1. The summed E-state index contributed by atoms with van der Waals surface area (Å²) in [5, 5.41) is 20.1. The zero-order valence-corrected chi connectivity index (χ0v) is 14.7. The quantitative estimate of drug-likeness (QED) is 0.882. The summed E-state index contributed by atoms with van der Waals surface area (Å²) in [7, 11) is 1.71. The number of piperidine rings is 1. The highest BCUT2D eigenvalue weighted by Crippen LogP contribution is 2.33. The van der Waals surface area contributed by atoms with Gasteiger partial charge in [0.15, 0.2) is 0 Å². The van der Waals surface area contributed by atoms with Crippen molar-refractivity contribution in [3.8, 4) is 6.07 Å². The van der Waals surface area contributed by atoms with Crippen LogP contribution in [0, 0.1) is 11.3 Å². The molecule has 2 N–H and O–H groups in total. The first kappa shape index (κ1) is 17.4. The summed E-state index contributed by atoms with van der Waals surface area (Å²) in [6, 6.07) is 3.78. The monoisotopic (exact) mass is 342 g/mol. The van der Waals surface area contributed by atoms with Gasteiger partial charge in [-0.25, -0.2) is 0 Å². The van der Waals surface area contributed by atoms with E-state index in [0.717, 1.165) is 18.2 Å². The summed E-state index contributed by atoms with van der Waals surface area (Å²) >= 11 is 0. The number of nitrogens with zero attached hydrogens (tertiary/aromatic N) is 3. The summed E-state index contributed by atoms with van der Waals surface area (Å²) in [4.78, 5) is 21.3. The molecule has 1 aliphatic rings. The number of pyridine rings is 2. The van der Waals surface area contributed by atoms with Crippen molar-refractivity contribution in [3.05, 3.63) is 33.9 Å². The molecule has 2 aromatic heterocycles. The Labute approximate surface area is 145 Å². The number of aromatic amines is 1. The van der Waals surface area contributed by atoms with E-state index in [2.05, 4.69) is 21.8 Å². The van der Waals surface area contributed by atoms with Crippen molar-refractivity contribution in [2.45, 2.75) is 38.4 Å². The van der Waals surface area contributed by atoms with Gasteiger partial charge in [0.25, 0.3) is 5.56 Å². The predicted octanol–water partition coefficient (Wildman–Crippen LogP) is 1.85. The van der Waals surface area contributed by atoms with Crippen molar-refractivity contribution in [1.82, 2.24) is 9.97 Å². The predicted molar refractivity (Wildman–Crippen MR) is 94.6 cm³/mol. The molecule has 3 rings (SSSR count). The smallest absolute Gasteiger partial charge is 0.268 e. The minimum Gasteiger partial charge on any atom is -0.387 e. The Morgan fingerprint density at radius 1 is 1.48 bits per heavy atom. The van der Waals surface area contributed by atoms with Crippen LogP contribution in [-0.2, 0) is 4.74 Å². The summed E-state index contributed by atoms with van der Waals surface area (Å²) in [6.45, 7) is 5.07. The lowest BCUT2D eigenvalue weighted by atomic mass is 9.92. The number of rotatable bonds is 3. The standard InChI is InChI=1S/C18H22N4O3/c1-11(23)14-8-12-15(10-20-14)21-17(24)13(9-19)16(12)22-6-4-18(2,25-3)5-7-22/h8,10-11,23H,4-7H2,1-3H3,(H,21,24)/t11-/m1/s1. The van der Waals surface area contributed by atoms with Crippen molar-refractivity contribution >= 4 is 16.6 Å². The zero-order chi connectivity index (χ0) is 18.2. The average molecular weight is 342 g/mol. The second-order valence-electron chi connectivity index (χ2n) is 6.76. The molecule has 1 atom stereocenters. The Bertz CT molecular complexity index is 890. The lowest BCUT2D eigenvalue weighted by molar-refractivity contribution is -0.0132. The van der Waals surface area contributed by atoms with Gasteiger partial charge in [0, 0.05) is 25.6 Å². The molecule has 0 amide bonds. The number of nitrogens with one attached hydrogen (secondary N) is 1. The van der Waals surface area contributed by atoms with Gasteiger partial charge in [0.2, 0.25) is 0 Å². The Hall–Kier alpha value is -2.43. The van der Waals surface area contributed by atoms with Crippen molar-refractivity contribution in [1.29, 1.82) is 5.26 Å². The van der Waals surface area contributed by atoms with E-state index in [1.807, 2.05) is 6.07 Å². The molecule has 0 bridgehead atoms. The van der Waals surface area contributed by atoms with E-state index in [4.69, 9.17) is 4.74 Å². The third-order valence-electron chi connectivity index (χ3n) is 5.06. The van der Waals surface area contributed by atoms with E-state index in [-0.39, 0.29) is 11.2 Å². The maximum Gasteiger partial charge on any atom is 0.268 e. The molecule has 3 heterocycles. The fourth-order valence-electron chi connectivity index (χ4n) is 3.26. The molecular formula is C18H22N4O3. The van der Waals surface area contributed by atoms with Crippen LogP contribution in [0.5, 0.6) is 0 Å². The van der Waals surface area contributed by atoms with Gasteiger partial charge >= 0.3 is 0 Å². The molecule has 2 aromatic rings. The first-order chi connectivity index (χ1) is 11.9. The van der Waals surface area contributed by atoms with Crippen LogP contribution < -0.4 is 10.5 Å². The summed E-state index contributed by atoms with van der Waals surface area (Å²) in [5.74, 6) is 0. The Morgan fingerprint density at radius 2 is 2.16 bits per heavy atom. The lowest BCUT2D eigenvalue weighted by Crippen LogP contribution is -2.44. The maximum absolute atomic E-state index is 12.3. The van der Waals surface area contributed by atoms with Gasteiger partial charge < -0.3 is 19.7 Å². The van der Waals surface area contributed by atoms with E-state index >= 15 is 0 Å². The number of hydrogen-bond donors (Lipinski definition) is 2. The van der Waals surface area contributed by atoms with Crippen molar-refractivity contribution < 1.29 is 9.84 Å². The van der Waals surface area contributed by atoms with Gasteiger partial charge in [0.1, 0.15) is 11.6 Å². The third-order valence-corrected chi connectivity index (χ3v) is 5.06. The fourth-order valence-corrected chi connectivity index (χ4v) is 3.26. The molecule has 0 aliphatic carbocycles. The van der Waals surface area contributed by atoms with Crippen LogP contribution in [0.25, 0.3) is 10.9 Å². The van der Waals surface area contributed by atoms with Gasteiger partial charge in [-0.2, -0.15) is 5.26 Å². The van der Waals surface area contributed by atoms with Crippen LogP contribution in [0.1, 0.15) is 44.1 Å². The highest BCUT2D eigenvalue weighted by atomic mass is 16.5. The van der Waals surface area contributed by atoms with E-state index in [1.165, 1.54) is 6.20 Å². The number of aromatic nitrogens is 2. The minimum atomic E-state index is -0.729. The number of ether oxygens (including phenoxy) is 1. The summed E-state index contributed by atoms with van der Waals surface area (Å²) < 4.78 is 5.58. The van der Waals surface area contributed by atoms with Crippen molar-refractivity contribution in [2.24, 2.45) is 0 Å². The molecule has 25 heavy (non-hydrogen) atoms. The van der Waals surface area contributed by atoms with Crippen molar-refractivity contribution in [2.75, 3.05) is 25.1 Å². The first-order valence-corrected chi connectivity index (χ1v) is 8.33. The molecule has 1 saturated heterocycles. The van der Waals surface area contributed by atoms with E-state index in [0.29, 0.717) is 30.0 Å². The highest BCUT2D eigenvalue weighted by molar-refractivity contribution is 5.94. The normalized spacial score (nSPS) is 18.1. The molecule has 0 spiro atoms. The number of aliphatic hydroxyl groups excluding tert-OH is 1. The molecule has 0 unspecified atom stereocenters. The Kier molecular flexibility index (Phi) is 4.50. The average Bonchev–Trinajstić information content (AvgIpc) is 2.61. The second-order valence-corrected chi connectivity index (χ2v) is 6.76. The number of hydrogen-bond acceptors (Lipinski definition) is 6. The number of fused-ring (bicyclic) bond motifs is 1. The minimum absolute atomic E-state index is 0.0938. The van der Waals surface area contributed by atoms with Crippen LogP contribution in [0.15, 0.2) is 17.1 Å². The SMILES string of the molecule is COC1(C)CCN(c2c(C#N)c(=O)[nH]c3cnc([C@@H](C)O)cc23)CC1. The molecule has 132 valence electrons. The van der Waals surface area contributed by atoms with Crippen LogP contribution in [0.3, 0.4) is 0 Å². The third kappa shape index (κ3) is 3.11. The Morgan fingerprint density at radius 3 is 2.72 bits per heavy atom. The number of anilines is 1. The van der Waals surface area contributed by atoms with Gasteiger partial charge in [0.05, 0.1) is 34.8 Å². The fraction of sp³-hybridized carbons (Fsp3) is 0.500. The number of aliphatic hydroxyl groups is 1. The lowest BCUT2D eigenvalue weighted by Gasteiger charge is -2.40. The topological polar surface area (TPSA) is 102 Å². The first-order valence-electron chi connectivity index (χ1n) is 8.33.